The third-order valence-corrected chi connectivity index (χ3v) is 8.49. The quantitative estimate of drug-likeness (QED) is 0.622. The second kappa shape index (κ2) is 7.77. The van der Waals surface area contributed by atoms with Gasteiger partial charge in [-0.1, -0.05) is 30.3 Å². The van der Waals surface area contributed by atoms with E-state index in [0.29, 0.717) is 19.6 Å². The molecular formula is C22H23N3O3S2. The normalized spacial score (nSPS) is 23.4. The van der Waals surface area contributed by atoms with Crippen molar-refractivity contribution in [2.24, 2.45) is 0 Å². The molecule has 6 nitrogen and oxygen atoms in total. The van der Waals surface area contributed by atoms with Crippen LogP contribution in [0.5, 0.6) is 5.88 Å². The van der Waals surface area contributed by atoms with Gasteiger partial charge in [0, 0.05) is 42.1 Å². The highest BCUT2D eigenvalue weighted by molar-refractivity contribution is 7.89. The highest BCUT2D eigenvalue weighted by Crippen LogP contribution is 2.36. The van der Waals surface area contributed by atoms with Gasteiger partial charge in [-0.05, 0) is 36.8 Å². The number of benzene rings is 1. The number of ether oxygens (including phenoxy) is 1. The van der Waals surface area contributed by atoms with Crippen LogP contribution in [0.4, 0.5) is 0 Å². The number of sulfonamides is 1. The minimum atomic E-state index is -3.74. The molecule has 0 saturated carbocycles. The smallest absolute Gasteiger partial charge is 0.249 e. The first-order valence-corrected chi connectivity index (χ1v) is 12.2. The van der Waals surface area contributed by atoms with Crippen LogP contribution in [0.1, 0.15) is 15.3 Å². The molecule has 30 heavy (non-hydrogen) atoms. The predicted molar refractivity (Wildman–Crippen MR) is 116 cm³/mol. The Morgan fingerprint density at radius 2 is 1.90 bits per heavy atom. The summed E-state index contributed by atoms with van der Waals surface area (Å²) in [6.45, 7) is 4.50. The van der Waals surface area contributed by atoms with Crippen molar-refractivity contribution >= 4 is 21.4 Å². The van der Waals surface area contributed by atoms with Crippen molar-refractivity contribution in [2.75, 3.05) is 13.1 Å². The van der Waals surface area contributed by atoms with Crippen molar-refractivity contribution in [3.8, 4) is 5.88 Å². The number of rotatable bonds is 4. The van der Waals surface area contributed by atoms with Gasteiger partial charge in [0.1, 0.15) is 11.0 Å². The summed E-state index contributed by atoms with van der Waals surface area (Å²) in [5, 5.41) is 0. The van der Waals surface area contributed by atoms with Gasteiger partial charge in [0.05, 0.1) is 6.04 Å². The Kier molecular flexibility index (Phi) is 5.10. The number of hydrogen-bond acceptors (Lipinski definition) is 6. The third-order valence-electron chi connectivity index (χ3n) is 5.63. The van der Waals surface area contributed by atoms with Crippen LogP contribution in [-0.4, -0.2) is 47.8 Å². The number of fused-ring (bicyclic) bond motifs is 2. The summed E-state index contributed by atoms with van der Waals surface area (Å²) in [4.78, 5) is 9.23. The van der Waals surface area contributed by atoms with E-state index in [1.165, 1.54) is 9.75 Å². The zero-order chi connectivity index (χ0) is 20.7. The van der Waals surface area contributed by atoms with Crippen LogP contribution >= 0.6 is 11.3 Å². The van der Waals surface area contributed by atoms with Crippen LogP contribution in [0.25, 0.3) is 0 Å². The molecule has 2 atom stereocenters. The molecule has 2 unspecified atom stereocenters. The minimum Gasteiger partial charge on any atom is -0.470 e. The fourth-order valence-electron chi connectivity index (χ4n) is 4.22. The van der Waals surface area contributed by atoms with Gasteiger partial charge in [-0.3, -0.25) is 4.90 Å². The van der Waals surface area contributed by atoms with E-state index in [-0.39, 0.29) is 22.9 Å². The van der Waals surface area contributed by atoms with Gasteiger partial charge < -0.3 is 4.74 Å². The summed E-state index contributed by atoms with van der Waals surface area (Å²) in [6.07, 6.45) is 1.32. The lowest BCUT2D eigenvalue weighted by atomic mass is 10.1. The third kappa shape index (κ3) is 3.65. The highest BCUT2D eigenvalue weighted by atomic mass is 32.2. The molecule has 0 N–H and O–H groups in total. The zero-order valence-corrected chi connectivity index (χ0v) is 18.3. The monoisotopic (exact) mass is 441 g/mol. The Balaban J connectivity index is 1.50. The highest BCUT2D eigenvalue weighted by Gasteiger charge is 2.47. The molecule has 5 rings (SSSR count). The lowest BCUT2D eigenvalue weighted by Gasteiger charge is -2.28. The van der Waals surface area contributed by atoms with E-state index in [9.17, 15) is 8.42 Å². The molecule has 0 amide bonds. The molecule has 0 aliphatic carbocycles. The van der Waals surface area contributed by atoms with E-state index >= 15 is 0 Å². The maximum absolute atomic E-state index is 13.6. The molecule has 0 radical (unpaired) electrons. The largest absolute Gasteiger partial charge is 0.470 e. The Morgan fingerprint density at radius 1 is 1.07 bits per heavy atom. The summed E-state index contributed by atoms with van der Waals surface area (Å²) in [5.74, 6) is 0.205. The fraction of sp³-hybridized carbons (Fsp3) is 0.318. The van der Waals surface area contributed by atoms with Gasteiger partial charge >= 0.3 is 0 Å². The summed E-state index contributed by atoms with van der Waals surface area (Å²) >= 11 is 1.78. The second-order valence-electron chi connectivity index (χ2n) is 7.77. The average Bonchev–Trinajstić information content (AvgIpc) is 3.31. The Morgan fingerprint density at radius 3 is 2.67 bits per heavy atom. The summed E-state index contributed by atoms with van der Waals surface area (Å²) in [7, 11) is -3.74. The number of hydrogen-bond donors (Lipinski definition) is 0. The minimum absolute atomic E-state index is 0.149. The molecule has 2 aliphatic heterocycles. The zero-order valence-electron chi connectivity index (χ0n) is 16.6. The predicted octanol–water partition coefficient (Wildman–Crippen LogP) is 3.29. The SMILES string of the molecule is Cc1ccc(CN2CC3Oc4ncccc4S(=O)(=O)N(Cc4ccccc4)C3C2)s1. The molecule has 156 valence electrons. The molecule has 1 aromatic carbocycles. The van der Waals surface area contributed by atoms with Crippen molar-refractivity contribution in [3.63, 3.8) is 0 Å². The van der Waals surface area contributed by atoms with Crippen LogP contribution in [0.3, 0.4) is 0 Å². The van der Waals surface area contributed by atoms with Crippen molar-refractivity contribution in [2.45, 2.75) is 37.1 Å². The van der Waals surface area contributed by atoms with E-state index in [1.807, 2.05) is 30.3 Å². The van der Waals surface area contributed by atoms with Crippen molar-refractivity contribution in [1.29, 1.82) is 0 Å². The lowest BCUT2D eigenvalue weighted by Crippen LogP contribution is -2.46. The molecule has 4 heterocycles. The maximum atomic E-state index is 13.6. The molecule has 0 spiro atoms. The van der Waals surface area contributed by atoms with Crippen LogP contribution in [-0.2, 0) is 23.1 Å². The van der Waals surface area contributed by atoms with Crippen LogP contribution in [0, 0.1) is 6.92 Å². The molecule has 3 aromatic rings. The van der Waals surface area contributed by atoms with Gasteiger partial charge in [-0.15, -0.1) is 11.3 Å². The molecular weight excluding hydrogens is 418 g/mol. The van der Waals surface area contributed by atoms with Gasteiger partial charge in [0.2, 0.25) is 15.9 Å². The lowest BCUT2D eigenvalue weighted by molar-refractivity contribution is 0.144. The van der Waals surface area contributed by atoms with Crippen molar-refractivity contribution in [3.05, 3.63) is 76.1 Å². The summed E-state index contributed by atoms with van der Waals surface area (Å²) in [5.41, 5.74) is 0.958. The molecule has 2 aromatic heterocycles. The number of pyridine rings is 1. The van der Waals surface area contributed by atoms with Gasteiger partial charge in [-0.25, -0.2) is 13.4 Å². The van der Waals surface area contributed by atoms with E-state index in [4.69, 9.17) is 4.74 Å². The van der Waals surface area contributed by atoms with E-state index in [1.54, 1.807) is 34.0 Å². The molecule has 1 saturated heterocycles. The van der Waals surface area contributed by atoms with E-state index in [2.05, 4.69) is 28.9 Å². The number of aromatic nitrogens is 1. The molecule has 0 bridgehead atoms. The standard InChI is InChI=1S/C22H23N3O3S2/c1-16-9-10-18(29-16)13-24-14-19-20(15-24)28-22-21(8-5-11-23-22)30(26,27)25(19)12-17-6-3-2-4-7-17/h2-11,19-20H,12-15H2,1H3. The number of nitrogens with zero attached hydrogens (tertiary/aromatic N) is 3. The molecule has 8 heteroatoms. The van der Waals surface area contributed by atoms with Crippen molar-refractivity contribution < 1.29 is 13.2 Å². The van der Waals surface area contributed by atoms with E-state index < -0.39 is 10.0 Å². The summed E-state index contributed by atoms with van der Waals surface area (Å²) in [6, 6.07) is 16.9. The number of thiophene rings is 1. The molecule has 1 fully saturated rings. The van der Waals surface area contributed by atoms with Gasteiger partial charge in [0.15, 0.2) is 0 Å². The van der Waals surface area contributed by atoms with Crippen LogP contribution < -0.4 is 4.74 Å². The first-order valence-electron chi connectivity index (χ1n) is 9.96. The second-order valence-corrected chi connectivity index (χ2v) is 11.0. The van der Waals surface area contributed by atoms with Crippen LogP contribution in [0.15, 0.2) is 65.7 Å². The van der Waals surface area contributed by atoms with Crippen molar-refractivity contribution in [1.82, 2.24) is 14.2 Å². The van der Waals surface area contributed by atoms with E-state index in [0.717, 1.165) is 12.1 Å². The average molecular weight is 442 g/mol. The topological polar surface area (TPSA) is 62.7 Å². The Hall–Kier alpha value is -2.26. The maximum Gasteiger partial charge on any atom is 0.249 e. The Labute approximate surface area is 180 Å². The first-order chi connectivity index (χ1) is 14.5. The van der Waals surface area contributed by atoms with Gasteiger partial charge in [-0.2, -0.15) is 4.31 Å². The number of likely N-dealkylation sites (tertiary alicyclic amines) is 1. The Bertz CT molecular complexity index is 1150. The molecule has 2 aliphatic rings. The first kappa shape index (κ1) is 19.7. The van der Waals surface area contributed by atoms with Gasteiger partial charge in [0.25, 0.3) is 0 Å². The fourth-order valence-corrected chi connectivity index (χ4v) is 6.85. The summed E-state index contributed by atoms with van der Waals surface area (Å²) < 4.78 is 35.1. The van der Waals surface area contributed by atoms with Crippen LogP contribution in [0.2, 0.25) is 0 Å². The number of aryl methyl sites for hydroxylation is 1.